The molecule has 3 aromatic carbocycles. The van der Waals surface area contributed by atoms with E-state index in [2.05, 4.69) is 47.0 Å². The zero-order valence-electron chi connectivity index (χ0n) is 31.9. The summed E-state index contributed by atoms with van der Waals surface area (Å²) in [6.45, 7) is 11.6. The zero-order chi connectivity index (χ0) is 38.9. The highest BCUT2D eigenvalue weighted by molar-refractivity contribution is 6.17. The maximum Gasteiger partial charge on any atom is 0.241 e. The van der Waals surface area contributed by atoms with Gasteiger partial charge in [0.15, 0.2) is 0 Å². The third-order valence-electron chi connectivity index (χ3n) is 11.0. The molecule has 0 radical (unpaired) electrons. The molecule has 0 fully saturated rings. The van der Waals surface area contributed by atoms with Gasteiger partial charge in [-0.05, 0) is 100 Å². The Balaban J connectivity index is 0.000000146. The van der Waals surface area contributed by atoms with Gasteiger partial charge in [-0.3, -0.25) is 24.4 Å². The SMILES string of the molecule is Cc1ncc(-c2ccc3c(c2)N(c2cccc4[nH]ccc24)C(=O)C3(C)C)cn1.Cc1ncc(-c2ccc3c(c2)N(c2cncc4[nH]ccc24)C(=O)C3(C)C)cn1. The van der Waals surface area contributed by atoms with E-state index in [1.54, 1.807) is 17.3 Å². The highest BCUT2D eigenvalue weighted by Gasteiger charge is 2.46. The van der Waals surface area contributed by atoms with Crippen molar-refractivity contribution in [3.05, 3.63) is 139 Å². The van der Waals surface area contributed by atoms with Gasteiger partial charge in [-0.15, -0.1) is 0 Å². The number of hydrogen-bond donors (Lipinski definition) is 2. The van der Waals surface area contributed by atoms with Crippen molar-refractivity contribution in [3.63, 3.8) is 0 Å². The fourth-order valence-electron chi connectivity index (χ4n) is 7.83. The number of anilines is 4. The quantitative estimate of drug-likeness (QED) is 0.184. The lowest BCUT2D eigenvalue weighted by Crippen LogP contribution is -2.33. The number of H-pyrrole nitrogens is 2. The number of amides is 2. The molecular weight excluding hydrogens is 699 g/mol. The normalized spacial score (nSPS) is 15.2. The van der Waals surface area contributed by atoms with E-state index in [4.69, 9.17) is 0 Å². The van der Waals surface area contributed by atoms with Crippen molar-refractivity contribution in [1.29, 1.82) is 0 Å². The molecule has 0 saturated heterocycles. The maximum atomic E-state index is 13.4. The number of benzene rings is 3. The standard InChI is InChI=1S/C23H20N4O.C22H19N5O/c1-14-25-12-16(13-26-14)15-7-8-18-21(11-15)27(22(28)23(18,2)3)20-6-4-5-19-17(20)9-10-24-19;1-13-25-9-15(10-26-13)14-4-5-17-19(8-14)27(21(28)22(17,2)3)20-12-23-11-18-16(20)6-7-24-18/h4-13,24H,1-3H3;4-12,24H,1-3H3. The number of carbonyl (C=O) groups excluding carboxylic acids is 2. The van der Waals surface area contributed by atoms with Gasteiger partial charge < -0.3 is 9.97 Å². The minimum absolute atomic E-state index is 0.0373. The minimum atomic E-state index is -0.615. The number of aromatic nitrogens is 7. The van der Waals surface area contributed by atoms with Gasteiger partial charge in [-0.1, -0.05) is 30.3 Å². The first-order valence-corrected chi connectivity index (χ1v) is 18.5. The molecule has 11 heteroatoms. The van der Waals surface area contributed by atoms with E-state index in [0.29, 0.717) is 0 Å². The largest absolute Gasteiger partial charge is 0.361 e. The van der Waals surface area contributed by atoms with E-state index >= 15 is 0 Å². The number of nitrogens with zero attached hydrogens (tertiary/aromatic N) is 7. The Labute approximate surface area is 323 Å². The smallest absolute Gasteiger partial charge is 0.241 e. The second-order valence-electron chi connectivity index (χ2n) is 15.3. The van der Waals surface area contributed by atoms with Gasteiger partial charge in [0.2, 0.25) is 11.8 Å². The molecule has 2 aliphatic heterocycles. The van der Waals surface area contributed by atoms with Crippen molar-refractivity contribution < 1.29 is 9.59 Å². The highest BCUT2D eigenvalue weighted by atomic mass is 16.2. The van der Waals surface area contributed by atoms with E-state index in [1.165, 1.54) is 0 Å². The lowest BCUT2D eigenvalue weighted by Gasteiger charge is -2.21. The summed E-state index contributed by atoms with van der Waals surface area (Å²) < 4.78 is 0. The van der Waals surface area contributed by atoms with Crippen LogP contribution in [-0.2, 0) is 20.4 Å². The molecule has 10 rings (SSSR count). The van der Waals surface area contributed by atoms with Crippen molar-refractivity contribution in [2.45, 2.75) is 52.4 Å². The molecule has 56 heavy (non-hydrogen) atoms. The number of pyridine rings is 1. The average Bonchev–Trinajstić information content (AvgIpc) is 3.96. The molecule has 2 amide bonds. The summed E-state index contributed by atoms with van der Waals surface area (Å²) in [5, 5.41) is 2.00. The predicted molar refractivity (Wildman–Crippen MR) is 219 cm³/mol. The van der Waals surface area contributed by atoms with Crippen molar-refractivity contribution >= 4 is 56.4 Å². The number of rotatable bonds is 4. The molecule has 11 nitrogen and oxygen atoms in total. The van der Waals surface area contributed by atoms with Crippen molar-refractivity contribution in [1.82, 2.24) is 34.9 Å². The third kappa shape index (κ3) is 5.45. The summed E-state index contributed by atoms with van der Waals surface area (Å²) >= 11 is 0. The van der Waals surface area contributed by atoms with Crippen LogP contribution in [0.5, 0.6) is 0 Å². The number of aryl methyl sites for hydroxylation is 2. The van der Waals surface area contributed by atoms with Crippen LogP contribution in [0, 0.1) is 13.8 Å². The highest BCUT2D eigenvalue weighted by Crippen LogP contribution is 2.49. The van der Waals surface area contributed by atoms with E-state index < -0.39 is 10.8 Å². The lowest BCUT2D eigenvalue weighted by molar-refractivity contribution is -0.122. The van der Waals surface area contributed by atoms with Crippen LogP contribution in [0.3, 0.4) is 0 Å². The number of carbonyl (C=O) groups is 2. The molecule has 7 heterocycles. The molecule has 2 aliphatic rings. The number of nitrogens with one attached hydrogen (secondary N) is 2. The van der Waals surface area contributed by atoms with Gasteiger partial charge in [-0.25, -0.2) is 19.9 Å². The monoisotopic (exact) mass is 737 g/mol. The molecule has 0 atom stereocenters. The number of fused-ring (bicyclic) bond motifs is 4. The van der Waals surface area contributed by atoms with Gasteiger partial charge in [0.1, 0.15) is 11.6 Å². The van der Waals surface area contributed by atoms with Gasteiger partial charge in [0.05, 0.1) is 51.5 Å². The second-order valence-corrected chi connectivity index (χ2v) is 15.3. The van der Waals surface area contributed by atoms with Crippen molar-refractivity contribution in [2.24, 2.45) is 0 Å². The van der Waals surface area contributed by atoms with Gasteiger partial charge in [0.25, 0.3) is 0 Å². The van der Waals surface area contributed by atoms with Crippen LogP contribution in [0.25, 0.3) is 44.1 Å². The Morgan fingerprint density at radius 3 is 1.52 bits per heavy atom. The molecule has 0 unspecified atom stereocenters. The number of hydrogen-bond acceptors (Lipinski definition) is 7. The summed E-state index contributed by atoms with van der Waals surface area (Å²) in [6, 6.07) is 22.3. The van der Waals surface area contributed by atoms with Crippen LogP contribution >= 0.6 is 0 Å². The third-order valence-corrected chi connectivity index (χ3v) is 11.0. The van der Waals surface area contributed by atoms with Gasteiger partial charge in [0, 0.05) is 64.6 Å². The first-order chi connectivity index (χ1) is 26.9. The van der Waals surface area contributed by atoms with Crippen LogP contribution in [-0.4, -0.2) is 46.7 Å². The fourth-order valence-corrected chi connectivity index (χ4v) is 7.83. The molecule has 0 bridgehead atoms. The molecule has 0 saturated carbocycles. The summed E-state index contributed by atoms with van der Waals surface area (Å²) in [5.74, 6) is 1.58. The lowest BCUT2D eigenvalue weighted by atomic mass is 9.85. The second kappa shape index (κ2) is 12.8. The summed E-state index contributed by atoms with van der Waals surface area (Å²) in [7, 11) is 0. The Kier molecular flexibility index (Phi) is 7.94. The summed E-state index contributed by atoms with van der Waals surface area (Å²) in [5.41, 5.74) is 10.0. The van der Waals surface area contributed by atoms with Crippen molar-refractivity contribution in [2.75, 3.05) is 9.80 Å². The Morgan fingerprint density at radius 1 is 0.500 bits per heavy atom. The summed E-state index contributed by atoms with van der Waals surface area (Å²) in [6.07, 6.45) is 14.6. The maximum absolute atomic E-state index is 13.4. The first-order valence-electron chi connectivity index (χ1n) is 18.5. The predicted octanol–water partition coefficient (Wildman–Crippen LogP) is 9.17. The fraction of sp³-hybridized carbons (Fsp3) is 0.178. The van der Waals surface area contributed by atoms with Crippen LogP contribution in [0.4, 0.5) is 22.7 Å². The molecule has 8 aromatic rings. The molecule has 0 spiro atoms. The molecule has 0 aliphatic carbocycles. The van der Waals surface area contributed by atoms with Crippen LogP contribution in [0.1, 0.15) is 50.5 Å². The van der Waals surface area contributed by atoms with E-state index in [0.717, 1.165) is 89.6 Å². The Bertz CT molecular complexity index is 2640. The summed E-state index contributed by atoms with van der Waals surface area (Å²) in [4.78, 5) is 58.4. The van der Waals surface area contributed by atoms with Gasteiger partial charge >= 0.3 is 0 Å². The Hall–Kier alpha value is -7.01. The van der Waals surface area contributed by atoms with Crippen LogP contribution in [0.2, 0.25) is 0 Å². The van der Waals surface area contributed by atoms with Gasteiger partial charge in [-0.2, -0.15) is 0 Å². The molecule has 5 aromatic heterocycles. The molecule has 276 valence electrons. The minimum Gasteiger partial charge on any atom is -0.361 e. The average molecular weight is 738 g/mol. The number of aromatic amines is 2. The zero-order valence-corrected chi connectivity index (χ0v) is 31.9. The first kappa shape index (κ1) is 34.7. The van der Waals surface area contributed by atoms with Crippen LogP contribution < -0.4 is 9.80 Å². The van der Waals surface area contributed by atoms with E-state index in [9.17, 15) is 9.59 Å². The topological polar surface area (TPSA) is 137 Å². The van der Waals surface area contributed by atoms with Crippen molar-refractivity contribution in [3.8, 4) is 22.3 Å². The Morgan fingerprint density at radius 2 is 0.982 bits per heavy atom. The molecular formula is C45H39N9O2. The van der Waals surface area contributed by atoms with E-state index in [-0.39, 0.29) is 11.8 Å². The van der Waals surface area contributed by atoms with Crippen LogP contribution in [0.15, 0.2) is 116 Å². The van der Waals surface area contributed by atoms with E-state index in [1.807, 2.05) is 138 Å². The molecule has 2 N–H and O–H groups in total.